The first kappa shape index (κ1) is 15.6. The minimum Gasteiger partial charge on any atom is -0.305 e. The van der Waals surface area contributed by atoms with Crippen LogP contribution >= 0.6 is 0 Å². The normalized spacial score (nSPS) is 14.8. The van der Waals surface area contributed by atoms with Crippen LogP contribution in [0.2, 0.25) is 0 Å². The van der Waals surface area contributed by atoms with E-state index in [2.05, 4.69) is 38.1 Å². The van der Waals surface area contributed by atoms with E-state index in [1.807, 2.05) is 16.7 Å². The van der Waals surface area contributed by atoms with Gasteiger partial charge in [0.1, 0.15) is 0 Å². The van der Waals surface area contributed by atoms with E-state index in [1.54, 1.807) is 0 Å². The Labute approximate surface area is 137 Å². The number of aromatic nitrogens is 1. The SMILES string of the molecule is Cc1ccc(-c2ccc(CC#N)c(=O)n2C2CCCC2)c(C)c1. The van der Waals surface area contributed by atoms with Crippen LogP contribution in [-0.4, -0.2) is 4.57 Å². The number of pyridine rings is 1. The standard InChI is InChI=1S/C20H22N2O/c1-14-7-9-18(15(2)13-14)19-10-8-16(11-12-21)20(23)22(19)17-5-3-4-6-17/h7-10,13,17H,3-6,11H2,1-2H3. The van der Waals surface area contributed by atoms with Crippen LogP contribution in [0.15, 0.2) is 35.1 Å². The zero-order chi connectivity index (χ0) is 16.4. The van der Waals surface area contributed by atoms with E-state index < -0.39 is 0 Å². The highest BCUT2D eigenvalue weighted by Gasteiger charge is 2.22. The van der Waals surface area contributed by atoms with Crippen LogP contribution in [0.4, 0.5) is 0 Å². The lowest BCUT2D eigenvalue weighted by Crippen LogP contribution is -2.28. The smallest absolute Gasteiger partial charge is 0.255 e. The Morgan fingerprint density at radius 3 is 2.57 bits per heavy atom. The highest BCUT2D eigenvalue weighted by Crippen LogP contribution is 2.33. The van der Waals surface area contributed by atoms with Gasteiger partial charge in [-0.3, -0.25) is 4.79 Å². The van der Waals surface area contributed by atoms with E-state index in [0.29, 0.717) is 5.56 Å². The zero-order valence-corrected chi connectivity index (χ0v) is 13.8. The minimum absolute atomic E-state index is 0.0101. The molecular weight excluding hydrogens is 284 g/mol. The molecule has 2 aromatic rings. The quantitative estimate of drug-likeness (QED) is 0.848. The highest BCUT2D eigenvalue weighted by atomic mass is 16.1. The van der Waals surface area contributed by atoms with Crippen molar-refractivity contribution in [2.45, 2.75) is 52.0 Å². The molecule has 0 N–H and O–H groups in total. The Morgan fingerprint density at radius 1 is 1.17 bits per heavy atom. The predicted molar refractivity (Wildman–Crippen MR) is 92.4 cm³/mol. The van der Waals surface area contributed by atoms with Gasteiger partial charge in [0.2, 0.25) is 0 Å². The molecule has 0 amide bonds. The predicted octanol–water partition coefficient (Wildman–Crippen LogP) is 4.31. The number of nitrogens with zero attached hydrogens (tertiary/aromatic N) is 2. The van der Waals surface area contributed by atoms with Crippen molar-refractivity contribution < 1.29 is 0 Å². The number of hydrogen-bond acceptors (Lipinski definition) is 2. The monoisotopic (exact) mass is 306 g/mol. The summed E-state index contributed by atoms with van der Waals surface area (Å²) in [4.78, 5) is 12.9. The highest BCUT2D eigenvalue weighted by molar-refractivity contribution is 5.65. The van der Waals surface area contributed by atoms with Gasteiger partial charge in [0.15, 0.2) is 0 Å². The summed E-state index contributed by atoms with van der Waals surface area (Å²) in [7, 11) is 0. The van der Waals surface area contributed by atoms with Crippen molar-refractivity contribution in [2.75, 3.05) is 0 Å². The number of rotatable bonds is 3. The minimum atomic E-state index is 0.0101. The van der Waals surface area contributed by atoms with E-state index in [-0.39, 0.29) is 18.0 Å². The fourth-order valence-electron chi connectivity index (χ4n) is 3.66. The molecule has 1 aromatic carbocycles. The summed E-state index contributed by atoms with van der Waals surface area (Å²) >= 11 is 0. The van der Waals surface area contributed by atoms with Crippen molar-refractivity contribution >= 4 is 0 Å². The second kappa shape index (κ2) is 6.42. The van der Waals surface area contributed by atoms with Crippen LogP contribution in [0, 0.1) is 25.2 Å². The summed E-state index contributed by atoms with van der Waals surface area (Å²) in [6.07, 6.45) is 4.62. The maximum absolute atomic E-state index is 12.9. The second-order valence-electron chi connectivity index (χ2n) is 6.51. The van der Waals surface area contributed by atoms with Gasteiger partial charge in [0.25, 0.3) is 5.56 Å². The molecule has 1 saturated carbocycles. The summed E-state index contributed by atoms with van der Waals surface area (Å²) in [6.45, 7) is 4.17. The van der Waals surface area contributed by atoms with Crippen molar-refractivity contribution in [2.24, 2.45) is 0 Å². The Bertz CT molecular complexity index is 821. The van der Waals surface area contributed by atoms with Crippen molar-refractivity contribution in [3.05, 3.63) is 57.4 Å². The Morgan fingerprint density at radius 2 is 1.91 bits per heavy atom. The van der Waals surface area contributed by atoms with E-state index in [4.69, 9.17) is 5.26 Å². The zero-order valence-electron chi connectivity index (χ0n) is 13.8. The third-order valence-corrected chi connectivity index (χ3v) is 4.81. The average molecular weight is 306 g/mol. The summed E-state index contributed by atoms with van der Waals surface area (Å²) in [5.41, 5.74) is 5.12. The number of hydrogen-bond donors (Lipinski definition) is 0. The second-order valence-corrected chi connectivity index (χ2v) is 6.51. The number of aryl methyl sites for hydroxylation is 2. The molecule has 23 heavy (non-hydrogen) atoms. The van der Waals surface area contributed by atoms with Gasteiger partial charge in [0.05, 0.1) is 18.2 Å². The summed E-state index contributed by atoms with van der Waals surface area (Å²) < 4.78 is 1.96. The topological polar surface area (TPSA) is 45.8 Å². The van der Waals surface area contributed by atoms with Crippen LogP contribution < -0.4 is 5.56 Å². The first-order valence-corrected chi connectivity index (χ1v) is 8.31. The van der Waals surface area contributed by atoms with Gasteiger partial charge in [0, 0.05) is 17.2 Å². The van der Waals surface area contributed by atoms with Crippen molar-refractivity contribution in [3.8, 4) is 17.3 Å². The van der Waals surface area contributed by atoms with Gasteiger partial charge in [-0.05, 0) is 38.3 Å². The third-order valence-electron chi connectivity index (χ3n) is 4.81. The van der Waals surface area contributed by atoms with Crippen LogP contribution in [0.1, 0.15) is 48.4 Å². The van der Waals surface area contributed by atoms with Gasteiger partial charge in [-0.1, -0.05) is 42.7 Å². The lowest BCUT2D eigenvalue weighted by atomic mass is 10.0. The lowest BCUT2D eigenvalue weighted by molar-refractivity contribution is 0.505. The molecular formula is C20H22N2O. The fraction of sp³-hybridized carbons (Fsp3) is 0.400. The van der Waals surface area contributed by atoms with Gasteiger partial charge < -0.3 is 4.57 Å². The molecule has 0 atom stereocenters. The molecule has 1 aliphatic rings. The molecule has 3 nitrogen and oxygen atoms in total. The summed E-state index contributed by atoms with van der Waals surface area (Å²) in [6, 6.07) is 12.6. The number of nitriles is 1. The molecule has 1 aromatic heterocycles. The Hall–Kier alpha value is -2.34. The molecule has 3 rings (SSSR count). The maximum atomic E-state index is 12.9. The van der Waals surface area contributed by atoms with Crippen molar-refractivity contribution in [3.63, 3.8) is 0 Å². The molecule has 0 unspecified atom stereocenters. The number of benzene rings is 1. The van der Waals surface area contributed by atoms with Crippen LogP contribution in [0.3, 0.4) is 0 Å². The van der Waals surface area contributed by atoms with Gasteiger partial charge in [-0.25, -0.2) is 0 Å². The molecule has 1 fully saturated rings. The maximum Gasteiger partial charge on any atom is 0.255 e. The molecule has 0 aliphatic heterocycles. The van der Waals surface area contributed by atoms with Crippen LogP contribution in [0.25, 0.3) is 11.3 Å². The largest absolute Gasteiger partial charge is 0.305 e. The fourth-order valence-corrected chi connectivity index (χ4v) is 3.66. The average Bonchev–Trinajstić information content (AvgIpc) is 3.03. The van der Waals surface area contributed by atoms with Gasteiger partial charge in [-0.2, -0.15) is 5.26 Å². The van der Waals surface area contributed by atoms with Gasteiger partial charge >= 0.3 is 0 Å². The van der Waals surface area contributed by atoms with Crippen molar-refractivity contribution in [1.29, 1.82) is 5.26 Å². The molecule has 0 saturated heterocycles. The Kier molecular flexibility index (Phi) is 4.34. The van der Waals surface area contributed by atoms with Crippen LogP contribution in [-0.2, 0) is 6.42 Å². The summed E-state index contributed by atoms with van der Waals surface area (Å²) in [5, 5.41) is 8.96. The Balaban J connectivity index is 2.21. The van der Waals surface area contributed by atoms with E-state index in [9.17, 15) is 4.79 Å². The summed E-state index contributed by atoms with van der Waals surface area (Å²) in [5.74, 6) is 0. The first-order valence-electron chi connectivity index (χ1n) is 8.31. The molecule has 3 heteroatoms. The first-order chi connectivity index (χ1) is 11.1. The van der Waals surface area contributed by atoms with E-state index in [0.717, 1.165) is 24.1 Å². The van der Waals surface area contributed by atoms with Crippen molar-refractivity contribution in [1.82, 2.24) is 4.57 Å². The van der Waals surface area contributed by atoms with Gasteiger partial charge in [-0.15, -0.1) is 0 Å². The molecule has 1 heterocycles. The lowest BCUT2D eigenvalue weighted by Gasteiger charge is -2.21. The van der Waals surface area contributed by atoms with E-state index >= 15 is 0 Å². The molecule has 118 valence electrons. The molecule has 0 bridgehead atoms. The van der Waals surface area contributed by atoms with E-state index in [1.165, 1.54) is 24.0 Å². The molecule has 0 spiro atoms. The molecule has 1 aliphatic carbocycles. The van der Waals surface area contributed by atoms with Crippen LogP contribution in [0.5, 0.6) is 0 Å². The third kappa shape index (κ3) is 2.94. The molecule has 0 radical (unpaired) electrons.